The number of aromatic nitrogens is 1. The van der Waals surface area contributed by atoms with E-state index in [0.717, 1.165) is 12.0 Å². The van der Waals surface area contributed by atoms with Crippen LogP contribution in [0.15, 0.2) is 18.5 Å². The van der Waals surface area contributed by atoms with Gasteiger partial charge < -0.3 is 15.6 Å². The Morgan fingerprint density at radius 1 is 1.67 bits per heavy atom. The second-order valence-corrected chi connectivity index (χ2v) is 3.99. The monoisotopic (exact) mass is 209 g/mol. The molecule has 0 spiro atoms. The van der Waals surface area contributed by atoms with E-state index in [-0.39, 0.29) is 11.9 Å². The maximum atomic E-state index is 11.6. The van der Waals surface area contributed by atoms with Crippen molar-refractivity contribution in [1.82, 2.24) is 9.88 Å². The maximum Gasteiger partial charge on any atom is 0.222 e. The Kier molecular flexibility index (Phi) is 4.37. The number of carbonyl (C=O) groups is 1. The summed E-state index contributed by atoms with van der Waals surface area (Å²) in [5, 5.41) is 0. The summed E-state index contributed by atoms with van der Waals surface area (Å²) in [6, 6.07) is 2.06. The lowest BCUT2D eigenvalue weighted by molar-refractivity contribution is -0.130. The summed E-state index contributed by atoms with van der Waals surface area (Å²) in [6.45, 7) is 2.57. The second kappa shape index (κ2) is 5.56. The molecule has 0 aliphatic rings. The molecule has 0 bridgehead atoms. The van der Waals surface area contributed by atoms with E-state index < -0.39 is 0 Å². The Balaban J connectivity index is 2.33. The van der Waals surface area contributed by atoms with Crippen LogP contribution >= 0.6 is 0 Å². The molecule has 0 aromatic carbocycles. The van der Waals surface area contributed by atoms with Gasteiger partial charge in [-0.05, 0) is 25.0 Å². The van der Waals surface area contributed by atoms with Gasteiger partial charge >= 0.3 is 0 Å². The number of nitrogens with zero attached hydrogens (tertiary/aromatic N) is 1. The molecular weight excluding hydrogens is 190 g/mol. The lowest BCUT2D eigenvalue weighted by atomic mass is 10.2. The van der Waals surface area contributed by atoms with Gasteiger partial charge in [-0.1, -0.05) is 0 Å². The van der Waals surface area contributed by atoms with Crippen molar-refractivity contribution in [2.75, 3.05) is 7.05 Å². The number of hydrogen-bond donors (Lipinski definition) is 2. The van der Waals surface area contributed by atoms with E-state index >= 15 is 0 Å². The number of nitrogens with one attached hydrogen (secondary N) is 1. The molecule has 1 rings (SSSR count). The van der Waals surface area contributed by atoms with E-state index in [1.165, 1.54) is 0 Å². The lowest BCUT2D eigenvalue weighted by Crippen LogP contribution is -2.27. The van der Waals surface area contributed by atoms with Crippen molar-refractivity contribution >= 4 is 5.91 Å². The smallest absolute Gasteiger partial charge is 0.222 e. The first kappa shape index (κ1) is 11.8. The summed E-state index contributed by atoms with van der Waals surface area (Å²) in [6.07, 6.45) is 5.03. The highest BCUT2D eigenvalue weighted by Crippen LogP contribution is 2.04. The summed E-state index contributed by atoms with van der Waals surface area (Å²) in [5.41, 5.74) is 6.72. The highest BCUT2D eigenvalue weighted by Gasteiger charge is 2.09. The summed E-state index contributed by atoms with van der Waals surface area (Å²) >= 11 is 0. The SMILES string of the molecule is CC(N)CCC(=O)N(C)Cc1cc[nH]c1. The molecule has 1 amide bonds. The van der Waals surface area contributed by atoms with Crippen molar-refractivity contribution in [2.45, 2.75) is 32.4 Å². The normalized spacial score (nSPS) is 12.5. The van der Waals surface area contributed by atoms with Crippen LogP contribution in [0.4, 0.5) is 0 Å². The number of hydrogen-bond acceptors (Lipinski definition) is 2. The molecule has 0 aliphatic heterocycles. The van der Waals surface area contributed by atoms with Crippen molar-refractivity contribution in [3.63, 3.8) is 0 Å². The molecule has 0 fully saturated rings. The van der Waals surface area contributed by atoms with Crippen molar-refractivity contribution in [3.8, 4) is 0 Å². The van der Waals surface area contributed by atoms with Gasteiger partial charge in [0.25, 0.3) is 0 Å². The van der Waals surface area contributed by atoms with E-state index in [0.29, 0.717) is 13.0 Å². The average Bonchev–Trinajstić information content (AvgIpc) is 2.66. The van der Waals surface area contributed by atoms with Gasteiger partial charge in [-0.3, -0.25) is 4.79 Å². The molecule has 84 valence electrons. The number of carbonyl (C=O) groups excluding carboxylic acids is 1. The van der Waals surface area contributed by atoms with Gasteiger partial charge in [0.15, 0.2) is 0 Å². The predicted octanol–water partition coefficient (Wildman–Crippen LogP) is 1.10. The molecule has 1 aromatic heterocycles. The van der Waals surface area contributed by atoms with Crippen molar-refractivity contribution in [3.05, 3.63) is 24.0 Å². The van der Waals surface area contributed by atoms with Gasteiger partial charge in [0.1, 0.15) is 0 Å². The number of H-pyrrole nitrogens is 1. The molecule has 4 nitrogen and oxygen atoms in total. The first-order valence-corrected chi connectivity index (χ1v) is 5.21. The summed E-state index contributed by atoms with van der Waals surface area (Å²) < 4.78 is 0. The fraction of sp³-hybridized carbons (Fsp3) is 0.545. The van der Waals surface area contributed by atoms with Crippen LogP contribution in [0, 0.1) is 0 Å². The van der Waals surface area contributed by atoms with E-state index in [1.54, 1.807) is 4.90 Å². The number of nitrogens with two attached hydrogens (primary N) is 1. The first-order valence-electron chi connectivity index (χ1n) is 5.21. The van der Waals surface area contributed by atoms with Crippen LogP contribution in [0.5, 0.6) is 0 Å². The van der Waals surface area contributed by atoms with Crippen molar-refractivity contribution in [1.29, 1.82) is 0 Å². The van der Waals surface area contributed by atoms with Gasteiger partial charge in [0, 0.05) is 38.4 Å². The summed E-state index contributed by atoms with van der Waals surface area (Å²) in [4.78, 5) is 16.3. The summed E-state index contributed by atoms with van der Waals surface area (Å²) in [5.74, 6) is 0.147. The summed E-state index contributed by atoms with van der Waals surface area (Å²) in [7, 11) is 1.82. The molecule has 0 saturated carbocycles. The topological polar surface area (TPSA) is 62.1 Å². The van der Waals surface area contributed by atoms with Crippen LogP contribution in [0.3, 0.4) is 0 Å². The highest BCUT2D eigenvalue weighted by atomic mass is 16.2. The third-order valence-corrected chi connectivity index (χ3v) is 2.32. The molecular formula is C11H19N3O. The van der Waals surface area contributed by atoms with E-state index in [1.807, 2.05) is 32.4 Å². The Morgan fingerprint density at radius 3 is 2.93 bits per heavy atom. The van der Waals surface area contributed by atoms with Gasteiger partial charge in [-0.15, -0.1) is 0 Å². The molecule has 4 heteroatoms. The maximum absolute atomic E-state index is 11.6. The van der Waals surface area contributed by atoms with Gasteiger partial charge in [0.2, 0.25) is 5.91 Å². The van der Waals surface area contributed by atoms with Crippen LogP contribution < -0.4 is 5.73 Å². The third-order valence-electron chi connectivity index (χ3n) is 2.32. The van der Waals surface area contributed by atoms with Gasteiger partial charge in [0.05, 0.1) is 0 Å². The van der Waals surface area contributed by atoms with Gasteiger partial charge in [-0.2, -0.15) is 0 Å². The minimum absolute atomic E-state index is 0.0922. The minimum atomic E-state index is 0.0922. The fourth-order valence-corrected chi connectivity index (χ4v) is 1.36. The molecule has 15 heavy (non-hydrogen) atoms. The molecule has 0 aliphatic carbocycles. The largest absolute Gasteiger partial charge is 0.367 e. The fourth-order valence-electron chi connectivity index (χ4n) is 1.36. The molecule has 1 atom stereocenters. The van der Waals surface area contributed by atoms with Crippen LogP contribution in [0.2, 0.25) is 0 Å². The van der Waals surface area contributed by atoms with Crippen molar-refractivity contribution in [2.24, 2.45) is 5.73 Å². The molecule has 1 heterocycles. The lowest BCUT2D eigenvalue weighted by Gasteiger charge is -2.16. The third kappa shape index (κ3) is 4.16. The molecule has 1 aromatic rings. The van der Waals surface area contributed by atoms with Gasteiger partial charge in [-0.25, -0.2) is 0 Å². The number of amides is 1. The Bertz CT molecular complexity index is 293. The minimum Gasteiger partial charge on any atom is -0.367 e. The van der Waals surface area contributed by atoms with Crippen molar-refractivity contribution < 1.29 is 4.79 Å². The molecule has 0 saturated heterocycles. The number of rotatable bonds is 5. The average molecular weight is 209 g/mol. The zero-order valence-corrected chi connectivity index (χ0v) is 9.36. The van der Waals surface area contributed by atoms with Crippen LogP contribution in [-0.2, 0) is 11.3 Å². The van der Waals surface area contributed by atoms with Crippen LogP contribution in [0.1, 0.15) is 25.3 Å². The Morgan fingerprint density at radius 2 is 2.40 bits per heavy atom. The highest BCUT2D eigenvalue weighted by molar-refractivity contribution is 5.75. The zero-order chi connectivity index (χ0) is 11.3. The van der Waals surface area contributed by atoms with E-state index in [4.69, 9.17) is 5.73 Å². The van der Waals surface area contributed by atoms with Crippen LogP contribution in [-0.4, -0.2) is 28.9 Å². The number of aromatic amines is 1. The molecule has 0 radical (unpaired) electrons. The zero-order valence-electron chi connectivity index (χ0n) is 9.36. The van der Waals surface area contributed by atoms with E-state index in [2.05, 4.69) is 4.98 Å². The second-order valence-electron chi connectivity index (χ2n) is 3.99. The first-order chi connectivity index (χ1) is 7.09. The molecule has 3 N–H and O–H groups in total. The quantitative estimate of drug-likeness (QED) is 0.762. The molecule has 1 unspecified atom stereocenters. The standard InChI is InChI=1S/C11H19N3O/c1-9(12)3-4-11(15)14(2)8-10-5-6-13-7-10/h5-7,9,13H,3-4,8,12H2,1-2H3. The Hall–Kier alpha value is -1.29. The van der Waals surface area contributed by atoms with Crippen LogP contribution in [0.25, 0.3) is 0 Å². The van der Waals surface area contributed by atoms with E-state index in [9.17, 15) is 4.79 Å². The Labute approximate surface area is 90.5 Å². The predicted molar refractivity (Wildman–Crippen MR) is 60.2 cm³/mol.